The zero-order chi connectivity index (χ0) is 9.49. The molecule has 5 heteroatoms. The fourth-order valence-corrected chi connectivity index (χ4v) is 0. The van der Waals surface area contributed by atoms with Crippen molar-refractivity contribution in [3.8, 4) is 0 Å². The Labute approximate surface area is 71.9 Å². The molecule has 0 unspecified atom stereocenters. The molecule has 0 aromatic rings. The molecule has 0 radical (unpaired) electrons. The summed E-state index contributed by atoms with van der Waals surface area (Å²) in [6.45, 7) is 6.02. The zero-order valence-electron chi connectivity index (χ0n) is 7.45. The number of rotatable bonds is 2. The van der Waals surface area contributed by atoms with Crippen LogP contribution in [0.15, 0.2) is 12.7 Å². The summed E-state index contributed by atoms with van der Waals surface area (Å²) in [5.74, 6) is -2.44. The van der Waals surface area contributed by atoms with Crippen molar-refractivity contribution in [2.45, 2.75) is 26.1 Å². The van der Waals surface area contributed by atoms with Gasteiger partial charge >= 0.3 is 5.97 Å². The molecule has 0 rings (SSSR count). The van der Waals surface area contributed by atoms with Crippen LogP contribution < -0.4 is 6.15 Å². The Kier molecular flexibility index (Phi) is 11.8. The zero-order valence-corrected chi connectivity index (χ0v) is 7.45. The first-order valence-electron chi connectivity index (χ1n) is 3.13. The van der Waals surface area contributed by atoms with Crippen molar-refractivity contribution in [1.82, 2.24) is 6.15 Å². The van der Waals surface area contributed by atoms with Gasteiger partial charge < -0.3 is 21.5 Å². The van der Waals surface area contributed by atoms with Crippen molar-refractivity contribution in [3.63, 3.8) is 0 Å². The van der Waals surface area contributed by atoms with Gasteiger partial charge in [-0.25, -0.2) is 4.79 Å². The summed E-state index contributed by atoms with van der Waals surface area (Å²) in [6.07, 6.45) is 1.22. The lowest BCUT2D eigenvalue weighted by atomic mass is 10.3. The molecule has 0 heterocycles. The van der Waals surface area contributed by atoms with Crippen LogP contribution in [0.4, 0.5) is 0 Å². The maximum absolute atomic E-state index is 9.25. The molecule has 0 aliphatic heterocycles. The normalized spacial score (nSPS) is 8.67. The van der Waals surface area contributed by atoms with Gasteiger partial charge in [-0.3, -0.25) is 0 Å². The van der Waals surface area contributed by atoms with Gasteiger partial charge in [0.05, 0.1) is 0 Å². The highest BCUT2D eigenvalue weighted by Crippen LogP contribution is 1.99. The van der Waals surface area contributed by atoms with E-state index in [1.54, 1.807) is 6.92 Å². The summed E-state index contributed by atoms with van der Waals surface area (Å²) >= 11 is 0. The molecule has 0 saturated carbocycles. The smallest absolute Gasteiger partial charge is 0.327 e. The van der Waals surface area contributed by atoms with E-state index >= 15 is 0 Å². The molecule has 0 atom stereocenters. The van der Waals surface area contributed by atoms with E-state index in [1.165, 1.54) is 6.92 Å². The number of carboxylic acid groups (broad SMARTS) is 1. The summed E-state index contributed by atoms with van der Waals surface area (Å²) in [5.41, 5.74) is 0. The monoisotopic (exact) mass is 179 g/mol. The van der Waals surface area contributed by atoms with Gasteiger partial charge in [0.25, 0.3) is 0 Å². The summed E-state index contributed by atoms with van der Waals surface area (Å²) in [4.78, 5) is 9.25. The van der Waals surface area contributed by atoms with Gasteiger partial charge in [-0.15, -0.1) is 0 Å². The Bertz CT molecular complexity index is 128. The van der Waals surface area contributed by atoms with Gasteiger partial charge in [-0.2, -0.15) is 0 Å². The maximum Gasteiger partial charge on any atom is 0.327 e. The number of aliphatic hydroxyl groups is 2. The Morgan fingerprint density at radius 1 is 1.58 bits per heavy atom. The van der Waals surface area contributed by atoms with Gasteiger partial charge in [0, 0.05) is 6.08 Å². The van der Waals surface area contributed by atoms with Crippen LogP contribution in [0.2, 0.25) is 0 Å². The van der Waals surface area contributed by atoms with Crippen LogP contribution in [0, 0.1) is 0 Å². The van der Waals surface area contributed by atoms with E-state index in [1.807, 2.05) is 0 Å². The lowest BCUT2D eigenvalue weighted by molar-refractivity contribution is -0.145. The first kappa shape index (κ1) is 17.3. The van der Waals surface area contributed by atoms with Crippen LogP contribution >= 0.6 is 0 Å². The summed E-state index contributed by atoms with van der Waals surface area (Å²) in [6, 6.07) is 0. The molecule has 0 saturated heterocycles. The lowest BCUT2D eigenvalue weighted by Gasteiger charge is -2.10. The molecule has 74 valence electrons. The van der Waals surface area contributed by atoms with Gasteiger partial charge in [0.15, 0.2) is 5.79 Å². The second-order valence-electron chi connectivity index (χ2n) is 2.11. The number of hydrogen-bond acceptors (Lipinski definition) is 4. The molecule has 0 amide bonds. The Balaban J connectivity index is -0.000000126. The van der Waals surface area contributed by atoms with E-state index in [9.17, 15) is 4.79 Å². The predicted molar refractivity (Wildman–Crippen MR) is 46.0 cm³/mol. The van der Waals surface area contributed by atoms with Gasteiger partial charge in [-0.1, -0.05) is 13.5 Å². The van der Waals surface area contributed by atoms with Crippen LogP contribution in [0.3, 0.4) is 0 Å². The summed E-state index contributed by atoms with van der Waals surface area (Å²) in [5, 5.41) is 24.4. The standard InChI is InChI=1S/C4H10O2.C3H4O2.H3N/c1-3-4(2,5)6;1-2-3(4)5;/h5-6H,3H2,1-2H3;2H,1H2,(H,4,5);1H3. The second-order valence-corrected chi connectivity index (χ2v) is 2.11. The molecule has 0 aliphatic carbocycles. The second kappa shape index (κ2) is 8.19. The Morgan fingerprint density at radius 2 is 1.75 bits per heavy atom. The lowest BCUT2D eigenvalue weighted by Crippen LogP contribution is -2.20. The highest BCUT2D eigenvalue weighted by Gasteiger charge is 2.08. The van der Waals surface area contributed by atoms with Crippen molar-refractivity contribution < 1.29 is 20.1 Å². The van der Waals surface area contributed by atoms with Crippen LogP contribution in [0.25, 0.3) is 0 Å². The number of aliphatic carboxylic acids is 1. The molecular formula is C7H17NO4. The first-order chi connectivity index (χ1) is 4.83. The summed E-state index contributed by atoms with van der Waals surface area (Å²) in [7, 11) is 0. The molecule has 0 aromatic carbocycles. The van der Waals surface area contributed by atoms with Gasteiger partial charge in [0.1, 0.15) is 0 Å². The van der Waals surface area contributed by atoms with E-state index in [-0.39, 0.29) is 6.15 Å². The molecule has 12 heavy (non-hydrogen) atoms. The first-order valence-corrected chi connectivity index (χ1v) is 3.13. The molecule has 0 aromatic heterocycles. The third kappa shape index (κ3) is 35.6. The van der Waals surface area contributed by atoms with E-state index in [2.05, 4.69) is 6.58 Å². The number of carboxylic acids is 1. The molecule has 0 fully saturated rings. The fraction of sp³-hybridized carbons (Fsp3) is 0.571. The Hall–Kier alpha value is -0.910. The third-order valence-corrected chi connectivity index (χ3v) is 0.844. The molecule has 0 spiro atoms. The number of hydrogen-bond donors (Lipinski definition) is 4. The molecule has 5 nitrogen and oxygen atoms in total. The third-order valence-electron chi connectivity index (χ3n) is 0.844. The molecular weight excluding hydrogens is 162 g/mol. The van der Waals surface area contributed by atoms with Gasteiger partial charge in [-0.05, 0) is 13.3 Å². The highest BCUT2D eigenvalue weighted by molar-refractivity contribution is 5.78. The largest absolute Gasteiger partial charge is 0.478 e. The quantitative estimate of drug-likeness (QED) is 0.364. The van der Waals surface area contributed by atoms with Crippen LogP contribution in [-0.4, -0.2) is 27.1 Å². The predicted octanol–water partition coefficient (Wildman–Crippen LogP) is 0.516. The highest BCUT2D eigenvalue weighted by atomic mass is 16.5. The van der Waals surface area contributed by atoms with E-state index in [0.29, 0.717) is 6.42 Å². The van der Waals surface area contributed by atoms with Crippen molar-refractivity contribution in [1.29, 1.82) is 0 Å². The van der Waals surface area contributed by atoms with E-state index < -0.39 is 11.8 Å². The van der Waals surface area contributed by atoms with Gasteiger partial charge in [0.2, 0.25) is 0 Å². The van der Waals surface area contributed by atoms with E-state index in [0.717, 1.165) is 6.08 Å². The minimum absolute atomic E-state index is 0. The van der Waals surface area contributed by atoms with Crippen molar-refractivity contribution >= 4 is 5.97 Å². The Morgan fingerprint density at radius 3 is 1.75 bits per heavy atom. The van der Waals surface area contributed by atoms with Crippen LogP contribution in [0.1, 0.15) is 20.3 Å². The van der Waals surface area contributed by atoms with E-state index in [4.69, 9.17) is 15.3 Å². The maximum atomic E-state index is 9.25. The number of carbonyl (C=O) groups is 1. The molecule has 6 N–H and O–H groups in total. The van der Waals surface area contributed by atoms with Crippen molar-refractivity contribution in [3.05, 3.63) is 12.7 Å². The average molecular weight is 179 g/mol. The van der Waals surface area contributed by atoms with Crippen LogP contribution in [0.5, 0.6) is 0 Å². The fourth-order valence-electron chi connectivity index (χ4n) is 0. The minimum Gasteiger partial charge on any atom is -0.478 e. The SMILES string of the molecule is C=CC(=O)O.CCC(C)(O)O.N. The summed E-state index contributed by atoms with van der Waals surface area (Å²) < 4.78 is 0. The average Bonchev–Trinajstić information content (AvgIpc) is 1.88. The van der Waals surface area contributed by atoms with Crippen molar-refractivity contribution in [2.75, 3.05) is 0 Å². The minimum atomic E-state index is -1.46. The topological polar surface area (TPSA) is 113 Å². The van der Waals surface area contributed by atoms with Crippen LogP contribution in [-0.2, 0) is 4.79 Å². The van der Waals surface area contributed by atoms with Crippen molar-refractivity contribution in [2.24, 2.45) is 0 Å². The molecule has 0 aliphatic rings. The molecule has 0 bridgehead atoms.